The maximum atomic E-state index is 5.68. The summed E-state index contributed by atoms with van der Waals surface area (Å²) in [5, 5.41) is 0. The molecule has 1 aliphatic carbocycles. The SMILES string of the molecule is COc1nc(N(C)C)ccc1OC1CC1. The fourth-order valence-corrected chi connectivity index (χ4v) is 1.27. The molecule has 0 unspecified atom stereocenters. The van der Waals surface area contributed by atoms with Crippen molar-refractivity contribution in [3.8, 4) is 11.6 Å². The Kier molecular flexibility index (Phi) is 2.66. The van der Waals surface area contributed by atoms with Crippen molar-refractivity contribution in [3.05, 3.63) is 12.1 Å². The second-order valence-electron chi connectivity index (χ2n) is 3.89. The van der Waals surface area contributed by atoms with Gasteiger partial charge in [0.25, 0.3) is 5.88 Å². The van der Waals surface area contributed by atoms with E-state index in [1.54, 1.807) is 7.11 Å². The Morgan fingerprint density at radius 1 is 1.33 bits per heavy atom. The predicted octanol–water partition coefficient (Wildman–Crippen LogP) is 1.70. The summed E-state index contributed by atoms with van der Waals surface area (Å²) in [6.07, 6.45) is 2.64. The van der Waals surface area contributed by atoms with E-state index >= 15 is 0 Å². The molecule has 1 fully saturated rings. The molecule has 1 aromatic heterocycles. The van der Waals surface area contributed by atoms with E-state index in [2.05, 4.69) is 4.98 Å². The lowest BCUT2D eigenvalue weighted by Crippen LogP contribution is -2.11. The summed E-state index contributed by atoms with van der Waals surface area (Å²) in [5.74, 6) is 2.17. The average molecular weight is 208 g/mol. The molecule has 0 aliphatic heterocycles. The van der Waals surface area contributed by atoms with Crippen LogP contribution in [-0.4, -0.2) is 32.3 Å². The van der Waals surface area contributed by atoms with Crippen LogP contribution in [0, 0.1) is 0 Å². The van der Waals surface area contributed by atoms with Crippen LogP contribution in [0.4, 0.5) is 5.82 Å². The van der Waals surface area contributed by atoms with E-state index in [4.69, 9.17) is 9.47 Å². The third-order valence-electron chi connectivity index (χ3n) is 2.28. The normalized spacial score (nSPS) is 14.9. The van der Waals surface area contributed by atoms with Crippen molar-refractivity contribution in [2.75, 3.05) is 26.1 Å². The van der Waals surface area contributed by atoms with Gasteiger partial charge in [-0.25, -0.2) is 0 Å². The van der Waals surface area contributed by atoms with E-state index in [1.165, 1.54) is 0 Å². The van der Waals surface area contributed by atoms with Gasteiger partial charge in [-0.2, -0.15) is 4.98 Å². The van der Waals surface area contributed by atoms with E-state index in [9.17, 15) is 0 Å². The van der Waals surface area contributed by atoms with Crippen LogP contribution >= 0.6 is 0 Å². The molecule has 0 N–H and O–H groups in total. The van der Waals surface area contributed by atoms with Gasteiger partial charge in [-0.05, 0) is 25.0 Å². The largest absolute Gasteiger partial charge is 0.485 e. The third-order valence-corrected chi connectivity index (χ3v) is 2.28. The summed E-state index contributed by atoms with van der Waals surface area (Å²) in [5.41, 5.74) is 0. The minimum absolute atomic E-state index is 0.367. The van der Waals surface area contributed by atoms with Gasteiger partial charge in [-0.1, -0.05) is 0 Å². The second-order valence-corrected chi connectivity index (χ2v) is 3.89. The monoisotopic (exact) mass is 208 g/mol. The van der Waals surface area contributed by atoms with Gasteiger partial charge in [0.15, 0.2) is 5.75 Å². The van der Waals surface area contributed by atoms with Crippen molar-refractivity contribution >= 4 is 5.82 Å². The fraction of sp³-hybridized carbons (Fsp3) is 0.545. The average Bonchev–Trinajstić information content (AvgIpc) is 3.02. The minimum atomic E-state index is 0.367. The van der Waals surface area contributed by atoms with Gasteiger partial charge in [0.05, 0.1) is 13.2 Å². The molecule has 1 heterocycles. The molecule has 0 bridgehead atoms. The second kappa shape index (κ2) is 3.96. The zero-order chi connectivity index (χ0) is 10.8. The van der Waals surface area contributed by atoms with E-state index in [0.29, 0.717) is 12.0 Å². The van der Waals surface area contributed by atoms with E-state index in [0.717, 1.165) is 24.4 Å². The maximum Gasteiger partial charge on any atom is 0.258 e. The Bertz CT molecular complexity index is 348. The maximum absolute atomic E-state index is 5.68. The van der Waals surface area contributed by atoms with Gasteiger partial charge in [-0.3, -0.25) is 0 Å². The van der Waals surface area contributed by atoms with Gasteiger partial charge in [-0.15, -0.1) is 0 Å². The minimum Gasteiger partial charge on any atom is -0.485 e. The van der Waals surface area contributed by atoms with Gasteiger partial charge in [0.2, 0.25) is 0 Å². The van der Waals surface area contributed by atoms with E-state index in [-0.39, 0.29) is 0 Å². The van der Waals surface area contributed by atoms with Crippen LogP contribution in [0.15, 0.2) is 12.1 Å². The highest BCUT2D eigenvalue weighted by molar-refractivity contribution is 5.46. The number of pyridine rings is 1. The summed E-state index contributed by atoms with van der Waals surface area (Å²) >= 11 is 0. The Hall–Kier alpha value is -1.45. The van der Waals surface area contributed by atoms with Crippen molar-refractivity contribution in [2.24, 2.45) is 0 Å². The molecule has 4 heteroatoms. The van der Waals surface area contributed by atoms with Gasteiger partial charge in [0.1, 0.15) is 5.82 Å². The molecule has 0 aromatic carbocycles. The topological polar surface area (TPSA) is 34.6 Å². The molecule has 0 amide bonds. The van der Waals surface area contributed by atoms with Crippen LogP contribution < -0.4 is 14.4 Å². The zero-order valence-corrected chi connectivity index (χ0v) is 9.36. The summed E-state index contributed by atoms with van der Waals surface area (Å²) in [7, 11) is 5.51. The summed E-state index contributed by atoms with van der Waals surface area (Å²) < 4.78 is 10.9. The predicted molar refractivity (Wildman–Crippen MR) is 58.8 cm³/mol. The van der Waals surface area contributed by atoms with Crippen LogP contribution in [0.2, 0.25) is 0 Å². The molecular weight excluding hydrogens is 192 g/mol. The Balaban J connectivity index is 2.21. The van der Waals surface area contributed by atoms with Crippen molar-refractivity contribution in [3.63, 3.8) is 0 Å². The molecule has 1 aliphatic rings. The summed E-state index contributed by atoms with van der Waals surface area (Å²) in [6, 6.07) is 3.85. The number of methoxy groups -OCH3 is 1. The first-order valence-electron chi connectivity index (χ1n) is 5.09. The number of ether oxygens (including phenoxy) is 2. The molecule has 15 heavy (non-hydrogen) atoms. The number of aromatic nitrogens is 1. The lowest BCUT2D eigenvalue weighted by molar-refractivity contribution is 0.277. The Labute approximate surface area is 89.8 Å². The van der Waals surface area contributed by atoms with Crippen molar-refractivity contribution < 1.29 is 9.47 Å². The molecule has 4 nitrogen and oxygen atoms in total. The molecule has 1 aromatic rings. The molecular formula is C11H16N2O2. The highest BCUT2D eigenvalue weighted by Crippen LogP contribution is 2.33. The van der Waals surface area contributed by atoms with Crippen LogP contribution in [0.25, 0.3) is 0 Å². The standard InChI is InChI=1S/C11H16N2O2/c1-13(2)10-7-6-9(11(12-10)14-3)15-8-4-5-8/h6-8H,4-5H2,1-3H3. The number of rotatable bonds is 4. The Morgan fingerprint density at radius 2 is 2.07 bits per heavy atom. The van der Waals surface area contributed by atoms with Gasteiger partial charge < -0.3 is 14.4 Å². The smallest absolute Gasteiger partial charge is 0.258 e. The molecule has 1 saturated carbocycles. The first-order valence-corrected chi connectivity index (χ1v) is 5.09. The summed E-state index contributed by atoms with van der Waals surface area (Å²) in [4.78, 5) is 6.28. The Morgan fingerprint density at radius 3 is 2.60 bits per heavy atom. The van der Waals surface area contributed by atoms with Crippen LogP contribution in [0.3, 0.4) is 0 Å². The van der Waals surface area contributed by atoms with Gasteiger partial charge >= 0.3 is 0 Å². The number of nitrogens with zero attached hydrogens (tertiary/aromatic N) is 2. The first kappa shape index (κ1) is 10.1. The molecule has 82 valence electrons. The van der Waals surface area contributed by atoms with Crippen molar-refractivity contribution in [1.82, 2.24) is 4.98 Å². The van der Waals surface area contributed by atoms with Crippen LogP contribution in [-0.2, 0) is 0 Å². The van der Waals surface area contributed by atoms with Gasteiger partial charge in [0, 0.05) is 14.1 Å². The van der Waals surface area contributed by atoms with E-state index in [1.807, 2.05) is 31.1 Å². The molecule has 0 atom stereocenters. The van der Waals surface area contributed by atoms with Crippen molar-refractivity contribution in [2.45, 2.75) is 18.9 Å². The van der Waals surface area contributed by atoms with Crippen LogP contribution in [0.1, 0.15) is 12.8 Å². The number of hydrogen-bond acceptors (Lipinski definition) is 4. The number of anilines is 1. The third kappa shape index (κ3) is 2.32. The highest BCUT2D eigenvalue weighted by Gasteiger charge is 2.25. The first-order chi connectivity index (χ1) is 7.20. The van der Waals surface area contributed by atoms with Crippen LogP contribution in [0.5, 0.6) is 11.6 Å². The lowest BCUT2D eigenvalue weighted by Gasteiger charge is -2.14. The van der Waals surface area contributed by atoms with Crippen molar-refractivity contribution in [1.29, 1.82) is 0 Å². The quantitative estimate of drug-likeness (QED) is 0.754. The molecule has 0 radical (unpaired) electrons. The molecule has 0 spiro atoms. The zero-order valence-electron chi connectivity index (χ0n) is 9.36. The molecule has 2 rings (SSSR count). The lowest BCUT2D eigenvalue weighted by atomic mass is 10.4. The highest BCUT2D eigenvalue weighted by atomic mass is 16.5. The van der Waals surface area contributed by atoms with E-state index < -0.39 is 0 Å². The number of hydrogen-bond donors (Lipinski definition) is 0. The molecule has 0 saturated heterocycles. The fourth-order valence-electron chi connectivity index (χ4n) is 1.27. The summed E-state index contributed by atoms with van der Waals surface area (Å²) in [6.45, 7) is 0.